The molecule has 1 rings (SSSR count). The van der Waals surface area contributed by atoms with Gasteiger partial charge in [-0.15, -0.1) is 0 Å². The van der Waals surface area contributed by atoms with Gasteiger partial charge in [-0.3, -0.25) is 0 Å². The van der Waals surface area contributed by atoms with Gasteiger partial charge in [-0.25, -0.2) is 8.78 Å². The Morgan fingerprint density at radius 2 is 1.80 bits per heavy atom. The lowest BCUT2D eigenvalue weighted by atomic mass is 10.3. The zero-order valence-electron chi connectivity index (χ0n) is 7.54. The minimum absolute atomic E-state index is 0.330. The number of halogens is 3. The predicted molar refractivity (Wildman–Crippen MR) is 45.7 cm³/mol. The molecule has 4 nitrogen and oxygen atoms in total. The molecule has 0 aliphatic heterocycles. The van der Waals surface area contributed by atoms with Crippen LogP contribution in [0.2, 0.25) is 0 Å². The van der Waals surface area contributed by atoms with Crippen LogP contribution in [0.15, 0.2) is 6.07 Å². The Hall–Kier alpha value is -1.34. The van der Waals surface area contributed by atoms with Gasteiger partial charge in [-0.2, -0.15) is 9.37 Å². The average molecular weight is 222 g/mol. The van der Waals surface area contributed by atoms with Crippen molar-refractivity contribution < 1.29 is 23.4 Å². The Bertz CT molecular complexity index is 345. The molecule has 0 aliphatic rings. The van der Waals surface area contributed by atoms with Crippen molar-refractivity contribution >= 4 is 5.82 Å². The van der Waals surface area contributed by atoms with E-state index >= 15 is 0 Å². The number of aromatic nitrogens is 1. The zero-order valence-corrected chi connectivity index (χ0v) is 7.54. The topological polar surface area (TPSA) is 65.4 Å². The van der Waals surface area contributed by atoms with Crippen LogP contribution in [0.3, 0.4) is 0 Å². The van der Waals surface area contributed by atoms with Crippen LogP contribution in [0.4, 0.5) is 19.0 Å². The maximum absolute atomic E-state index is 13.0. The summed E-state index contributed by atoms with van der Waals surface area (Å²) in [7, 11) is 0. The fraction of sp³-hybridized carbons (Fsp3) is 0.375. The van der Waals surface area contributed by atoms with Crippen LogP contribution in [-0.2, 0) is 0 Å². The molecule has 0 fully saturated rings. The molecule has 0 aromatic carbocycles. The first-order valence-electron chi connectivity index (χ1n) is 4.08. The Balaban J connectivity index is 2.89. The first kappa shape index (κ1) is 11.7. The molecule has 3 N–H and O–H groups in total. The predicted octanol–water partition coefficient (Wildman–Crippen LogP) is 0.264. The summed E-state index contributed by atoms with van der Waals surface area (Å²) >= 11 is 0. The summed E-state index contributed by atoms with van der Waals surface area (Å²) in [6.45, 7) is -0.979. The minimum Gasteiger partial charge on any atom is -0.394 e. The number of hydrogen-bond donors (Lipinski definition) is 3. The van der Waals surface area contributed by atoms with Gasteiger partial charge in [0.15, 0.2) is 17.5 Å². The molecule has 1 aromatic rings. The average Bonchev–Trinajstić information content (AvgIpc) is 2.21. The molecule has 1 aromatic heterocycles. The van der Waals surface area contributed by atoms with Gasteiger partial charge < -0.3 is 15.5 Å². The third kappa shape index (κ3) is 2.80. The number of nitrogens with zero attached hydrogens (tertiary/aromatic N) is 1. The number of anilines is 1. The normalized spacial score (nSPS) is 10.8. The highest BCUT2D eigenvalue weighted by Crippen LogP contribution is 2.14. The van der Waals surface area contributed by atoms with Crippen LogP contribution in [0.1, 0.15) is 0 Å². The van der Waals surface area contributed by atoms with Gasteiger partial charge in [0.1, 0.15) is 0 Å². The Kier molecular flexibility index (Phi) is 3.87. The molecule has 0 bridgehead atoms. The summed E-state index contributed by atoms with van der Waals surface area (Å²) < 4.78 is 38.0. The molecule has 7 heteroatoms. The lowest BCUT2D eigenvalue weighted by Gasteiger charge is -2.14. The van der Waals surface area contributed by atoms with Crippen LogP contribution in [0.25, 0.3) is 0 Å². The van der Waals surface area contributed by atoms with Crippen molar-refractivity contribution in [3.05, 3.63) is 23.6 Å². The molecule has 0 unspecified atom stereocenters. The molecule has 0 aliphatic carbocycles. The first-order chi connectivity index (χ1) is 7.08. The molecule has 0 radical (unpaired) electrons. The van der Waals surface area contributed by atoms with E-state index in [1.54, 1.807) is 0 Å². The van der Waals surface area contributed by atoms with Crippen molar-refractivity contribution in [2.75, 3.05) is 18.5 Å². The molecule has 0 amide bonds. The van der Waals surface area contributed by atoms with Gasteiger partial charge in [-0.1, -0.05) is 0 Å². The van der Waals surface area contributed by atoms with Crippen LogP contribution in [0.5, 0.6) is 0 Å². The molecular formula is C8H9F3N2O2. The van der Waals surface area contributed by atoms with E-state index in [2.05, 4.69) is 10.3 Å². The third-order valence-electron chi connectivity index (χ3n) is 1.67. The van der Waals surface area contributed by atoms with Gasteiger partial charge in [0.25, 0.3) is 5.95 Å². The fourth-order valence-corrected chi connectivity index (χ4v) is 0.888. The number of aliphatic hydroxyl groups excluding tert-OH is 2. The van der Waals surface area contributed by atoms with Crippen LogP contribution >= 0.6 is 0 Å². The lowest BCUT2D eigenvalue weighted by molar-refractivity contribution is 0.203. The van der Waals surface area contributed by atoms with Crippen LogP contribution < -0.4 is 5.32 Å². The van der Waals surface area contributed by atoms with E-state index in [0.717, 1.165) is 0 Å². The second kappa shape index (κ2) is 4.94. The molecule has 0 saturated heterocycles. The van der Waals surface area contributed by atoms with E-state index in [-0.39, 0.29) is 0 Å². The van der Waals surface area contributed by atoms with E-state index in [4.69, 9.17) is 10.2 Å². The lowest BCUT2D eigenvalue weighted by Crippen LogP contribution is -2.28. The Labute approximate surface area is 83.4 Å². The van der Waals surface area contributed by atoms with Gasteiger partial charge in [0.2, 0.25) is 0 Å². The maximum atomic E-state index is 13.0. The maximum Gasteiger partial charge on any atom is 0.251 e. The van der Waals surface area contributed by atoms with E-state index in [1.165, 1.54) is 0 Å². The second-order valence-electron chi connectivity index (χ2n) is 2.80. The SMILES string of the molecule is OCC(CO)Nc1nc(F)c(F)cc1F. The van der Waals surface area contributed by atoms with E-state index in [9.17, 15) is 13.2 Å². The highest BCUT2D eigenvalue weighted by atomic mass is 19.2. The summed E-state index contributed by atoms with van der Waals surface area (Å²) in [4.78, 5) is 2.96. The van der Waals surface area contributed by atoms with Gasteiger partial charge in [-0.05, 0) is 0 Å². The Morgan fingerprint density at radius 1 is 1.20 bits per heavy atom. The molecule has 1 heterocycles. The standard InChI is InChI=1S/C8H9F3N2O2/c9-5-1-6(10)8(13-7(5)11)12-4(2-14)3-15/h1,4,14-15H,2-3H2,(H,12,13). The van der Waals surface area contributed by atoms with Crippen molar-refractivity contribution in [2.45, 2.75) is 6.04 Å². The summed E-state index contributed by atoms with van der Waals surface area (Å²) in [6.07, 6.45) is 0. The van der Waals surface area contributed by atoms with Crippen LogP contribution in [-0.4, -0.2) is 34.5 Å². The largest absolute Gasteiger partial charge is 0.394 e. The zero-order chi connectivity index (χ0) is 11.4. The number of pyridine rings is 1. The van der Waals surface area contributed by atoms with E-state index in [1.807, 2.05) is 0 Å². The van der Waals surface area contributed by atoms with Gasteiger partial charge >= 0.3 is 0 Å². The molecule has 0 saturated carbocycles. The summed E-state index contributed by atoms with van der Waals surface area (Å²) in [5.74, 6) is -4.50. The smallest absolute Gasteiger partial charge is 0.251 e. The Morgan fingerprint density at radius 3 is 2.33 bits per heavy atom. The fourth-order valence-electron chi connectivity index (χ4n) is 0.888. The quantitative estimate of drug-likeness (QED) is 0.639. The monoisotopic (exact) mass is 222 g/mol. The van der Waals surface area contributed by atoms with Crippen molar-refractivity contribution in [2.24, 2.45) is 0 Å². The summed E-state index contributed by atoms with van der Waals surface area (Å²) in [5, 5.41) is 19.5. The van der Waals surface area contributed by atoms with Crippen molar-refractivity contribution in [3.63, 3.8) is 0 Å². The van der Waals surface area contributed by atoms with Gasteiger partial charge in [0.05, 0.1) is 19.3 Å². The number of hydrogen-bond acceptors (Lipinski definition) is 4. The highest BCUT2D eigenvalue weighted by molar-refractivity contribution is 5.37. The van der Waals surface area contributed by atoms with Crippen molar-refractivity contribution in [3.8, 4) is 0 Å². The molecule has 84 valence electrons. The first-order valence-corrected chi connectivity index (χ1v) is 4.08. The summed E-state index contributed by atoms with van der Waals surface area (Å²) in [5.41, 5.74) is 0. The second-order valence-corrected chi connectivity index (χ2v) is 2.80. The van der Waals surface area contributed by atoms with Crippen LogP contribution in [0, 0.1) is 17.6 Å². The number of nitrogens with one attached hydrogen (secondary N) is 1. The minimum atomic E-state index is -1.45. The highest BCUT2D eigenvalue weighted by Gasteiger charge is 2.14. The molecule has 0 spiro atoms. The molecule has 0 atom stereocenters. The molecular weight excluding hydrogens is 213 g/mol. The molecule has 15 heavy (non-hydrogen) atoms. The van der Waals surface area contributed by atoms with Gasteiger partial charge in [0, 0.05) is 6.07 Å². The number of aliphatic hydroxyl groups is 2. The number of rotatable bonds is 4. The van der Waals surface area contributed by atoms with E-state index < -0.39 is 42.7 Å². The van der Waals surface area contributed by atoms with Crippen molar-refractivity contribution in [1.82, 2.24) is 4.98 Å². The summed E-state index contributed by atoms with van der Waals surface area (Å²) in [6, 6.07) is -0.548. The van der Waals surface area contributed by atoms with E-state index in [0.29, 0.717) is 6.07 Å². The van der Waals surface area contributed by atoms with Crippen molar-refractivity contribution in [1.29, 1.82) is 0 Å². The third-order valence-corrected chi connectivity index (χ3v) is 1.67.